The lowest BCUT2D eigenvalue weighted by molar-refractivity contribution is -0.149. The van der Waals surface area contributed by atoms with Gasteiger partial charge in [0.1, 0.15) is 5.75 Å². The predicted octanol–water partition coefficient (Wildman–Crippen LogP) is 1.50. The Morgan fingerprint density at radius 1 is 1.38 bits per heavy atom. The van der Waals surface area contributed by atoms with Gasteiger partial charge in [0.15, 0.2) is 5.54 Å². The zero-order chi connectivity index (χ0) is 16.0. The zero-order valence-corrected chi connectivity index (χ0v) is 12.9. The Kier molecular flexibility index (Phi) is 5.99. The van der Waals surface area contributed by atoms with Crippen molar-refractivity contribution >= 4 is 23.5 Å². The fourth-order valence-electron chi connectivity index (χ4n) is 1.85. The molecule has 0 saturated heterocycles. The van der Waals surface area contributed by atoms with E-state index >= 15 is 0 Å². The second kappa shape index (κ2) is 7.28. The van der Waals surface area contributed by atoms with Crippen LogP contribution in [0.2, 0.25) is 5.02 Å². The molecule has 0 aliphatic carbocycles. The molecule has 0 radical (unpaired) electrons. The van der Waals surface area contributed by atoms with Gasteiger partial charge in [-0.2, -0.15) is 0 Å². The third-order valence-corrected chi connectivity index (χ3v) is 3.31. The number of ether oxygens (including phenoxy) is 2. The van der Waals surface area contributed by atoms with E-state index in [1.807, 2.05) is 0 Å². The van der Waals surface area contributed by atoms with Crippen LogP contribution in [-0.4, -0.2) is 43.3 Å². The van der Waals surface area contributed by atoms with E-state index < -0.39 is 17.4 Å². The minimum atomic E-state index is -1.50. The van der Waals surface area contributed by atoms with Crippen LogP contribution in [0.25, 0.3) is 0 Å². The molecule has 0 aromatic heterocycles. The Morgan fingerprint density at radius 2 is 2.05 bits per heavy atom. The molecule has 0 bridgehead atoms. The Balaban J connectivity index is 2.89. The summed E-state index contributed by atoms with van der Waals surface area (Å²) in [5.74, 6) is -1.19. The minimum absolute atomic E-state index is 0.0879. The van der Waals surface area contributed by atoms with Crippen LogP contribution in [0.5, 0.6) is 5.75 Å². The van der Waals surface area contributed by atoms with Crippen molar-refractivity contribution in [1.29, 1.82) is 0 Å². The highest BCUT2D eigenvalue weighted by atomic mass is 35.5. The van der Waals surface area contributed by atoms with Crippen molar-refractivity contribution < 1.29 is 24.2 Å². The van der Waals surface area contributed by atoms with Crippen LogP contribution in [0.1, 0.15) is 12.5 Å². The van der Waals surface area contributed by atoms with Crippen LogP contribution in [0.15, 0.2) is 18.2 Å². The number of hydrogen-bond acceptors (Lipinski definition) is 4. The van der Waals surface area contributed by atoms with Crippen molar-refractivity contribution in [1.82, 2.24) is 5.32 Å². The molecule has 1 aromatic carbocycles. The summed E-state index contributed by atoms with van der Waals surface area (Å²) in [5, 5.41) is 12.0. The Bertz CT molecular complexity index is 534. The highest BCUT2D eigenvalue weighted by Crippen LogP contribution is 2.26. The normalized spacial score (nSPS) is 13.3. The molecule has 1 unspecified atom stereocenters. The number of carbonyl (C=O) groups excluding carboxylic acids is 1. The molecule has 0 heterocycles. The molecule has 1 amide bonds. The minimum Gasteiger partial charge on any atom is -0.496 e. The first-order valence-corrected chi connectivity index (χ1v) is 6.56. The smallest absolute Gasteiger partial charge is 0.331 e. The van der Waals surface area contributed by atoms with Crippen molar-refractivity contribution in [2.24, 2.45) is 0 Å². The van der Waals surface area contributed by atoms with Crippen LogP contribution in [0.4, 0.5) is 0 Å². The SMILES string of the molecule is COCC(C)(NC(=O)Cc1c(Cl)cccc1OC)C(=O)O. The number of carboxylic acids is 1. The molecule has 0 fully saturated rings. The number of carboxylic acid groups (broad SMARTS) is 1. The summed E-state index contributed by atoms with van der Waals surface area (Å²) in [6.45, 7) is 1.23. The van der Waals surface area contributed by atoms with E-state index in [0.29, 0.717) is 16.3 Å². The van der Waals surface area contributed by atoms with Crippen molar-refractivity contribution in [3.05, 3.63) is 28.8 Å². The summed E-state index contributed by atoms with van der Waals surface area (Å²) < 4.78 is 9.99. The lowest BCUT2D eigenvalue weighted by atomic mass is 10.0. The molecule has 0 spiro atoms. The van der Waals surface area contributed by atoms with Crippen molar-refractivity contribution in [2.75, 3.05) is 20.8 Å². The van der Waals surface area contributed by atoms with E-state index in [9.17, 15) is 14.7 Å². The molecule has 116 valence electrons. The fourth-order valence-corrected chi connectivity index (χ4v) is 2.09. The molecule has 1 aromatic rings. The first-order chi connectivity index (χ1) is 9.84. The number of nitrogens with one attached hydrogen (secondary N) is 1. The number of benzene rings is 1. The van der Waals surface area contributed by atoms with Gasteiger partial charge in [0.2, 0.25) is 5.91 Å². The van der Waals surface area contributed by atoms with E-state index in [1.165, 1.54) is 21.1 Å². The Labute approximate surface area is 128 Å². The van der Waals surface area contributed by atoms with Gasteiger partial charge >= 0.3 is 5.97 Å². The number of methoxy groups -OCH3 is 2. The average molecular weight is 316 g/mol. The van der Waals surface area contributed by atoms with Gasteiger partial charge in [-0.15, -0.1) is 0 Å². The second-order valence-corrected chi connectivity index (χ2v) is 5.12. The van der Waals surface area contributed by atoms with Crippen molar-refractivity contribution in [3.8, 4) is 5.75 Å². The second-order valence-electron chi connectivity index (χ2n) is 4.72. The van der Waals surface area contributed by atoms with E-state index in [2.05, 4.69) is 5.32 Å². The average Bonchev–Trinajstić information content (AvgIpc) is 2.41. The van der Waals surface area contributed by atoms with Gasteiger partial charge in [-0.25, -0.2) is 4.79 Å². The number of carbonyl (C=O) groups is 2. The number of rotatable bonds is 7. The van der Waals surface area contributed by atoms with E-state index in [-0.39, 0.29) is 13.0 Å². The fraction of sp³-hybridized carbons (Fsp3) is 0.429. The van der Waals surface area contributed by atoms with E-state index in [0.717, 1.165) is 0 Å². The predicted molar refractivity (Wildman–Crippen MR) is 77.8 cm³/mol. The van der Waals surface area contributed by atoms with Crippen molar-refractivity contribution in [3.63, 3.8) is 0 Å². The van der Waals surface area contributed by atoms with Crippen LogP contribution in [-0.2, 0) is 20.7 Å². The molecule has 1 rings (SSSR count). The summed E-state index contributed by atoms with van der Waals surface area (Å²) in [4.78, 5) is 23.3. The van der Waals surface area contributed by atoms with Crippen LogP contribution in [0.3, 0.4) is 0 Å². The molecular weight excluding hydrogens is 298 g/mol. The Morgan fingerprint density at radius 3 is 2.57 bits per heavy atom. The molecule has 0 aliphatic rings. The van der Waals surface area contributed by atoms with Gasteiger partial charge in [0.05, 0.1) is 20.1 Å². The van der Waals surface area contributed by atoms with Crippen LogP contribution >= 0.6 is 11.6 Å². The first-order valence-electron chi connectivity index (χ1n) is 6.18. The molecule has 21 heavy (non-hydrogen) atoms. The number of amides is 1. The summed E-state index contributed by atoms with van der Waals surface area (Å²) in [7, 11) is 2.84. The maximum Gasteiger partial charge on any atom is 0.331 e. The first kappa shape index (κ1) is 17.3. The molecule has 6 nitrogen and oxygen atoms in total. The zero-order valence-electron chi connectivity index (χ0n) is 12.1. The van der Waals surface area contributed by atoms with Gasteiger partial charge in [0, 0.05) is 17.7 Å². The van der Waals surface area contributed by atoms with Gasteiger partial charge in [-0.05, 0) is 19.1 Å². The molecule has 2 N–H and O–H groups in total. The number of aliphatic carboxylic acids is 1. The van der Waals surface area contributed by atoms with Crippen LogP contribution < -0.4 is 10.1 Å². The largest absolute Gasteiger partial charge is 0.496 e. The third-order valence-electron chi connectivity index (χ3n) is 2.95. The van der Waals surface area contributed by atoms with Crippen molar-refractivity contribution in [2.45, 2.75) is 18.9 Å². The standard InChI is InChI=1S/C14H18ClNO5/c1-14(8-20-2,13(18)19)16-12(17)7-9-10(15)5-4-6-11(9)21-3/h4-6H,7-8H2,1-3H3,(H,16,17)(H,18,19). The van der Waals surface area contributed by atoms with Gasteiger partial charge in [0.25, 0.3) is 0 Å². The quantitative estimate of drug-likeness (QED) is 0.796. The van der Waals surface area contributed by atoms with E-state index in [1.54, 1.807) is 18.2 Å². The van der Waals surface area contributed by atoms with Gasteiger partial charge in [-0.1, -0.05) is 17.7 Å². The molecule has 1 atom stereocenters. The molecule has 0 saturated carbocycles. The maximum atomic E-state index is 12.1. The highest BCUT2D eigenvalue weighted by molar-refractivity contribution is 6.31. The summed E-state index contributed by atoms with van der Waals surface area (Å²) in [6, 6.07) is 5.02. The third kappa shape index (κ3) is 4.34. The highest BCUT2D eigenvalue weighted by Gasteiger charge is 2.35. The summed E-state index contributed by atoms with van der Waals surface area (Å²) >= 11 is 6.05. The summed E-state index contributed by atoms with van der Waals surface area (Å²) in [6.07, 6.45) is -0.0879. The van der Waals surface area contributed by atoms with E-state index in [4.69, 9.17) is 21.1 Å². The molecule has 7 heteroatoms. The topological polar surface area (TPSA) is 84.9 Å². The molecule has 0 aliphatic heterocycles. The molecular formula is C14H18ClNO5. The lowest BCUT2D eigenvalue weighted by Gasteiger charge is -2.25. The van der Waals surface area contributed by atoms with Gasteiger partial charge < -0.3 is 19.9 Å². The number of hydrogen-bond donors (Lipinski definition) is 2. The number of halogens is 1. The Hall–Kier alpha value is -1.79. The van der Waals surface area contributed by atoms with Gasteiger partial charge in [-0.3, -0.25) is 4.79 Å². The summed E-state index contributed by atoms with van der Waals surface area (Å²) in [5.41, 5.74) is -0.996. The lowest BCUT2D eigenvalue weighted by Crippen LogP contribution is -2.55. The monoisotopic (exact) mass is 315 g/mol. The maximum absolute atomic E-state index is 12.1. The van der Waals surface area contributed by atoms with Crippen LogP contribution in [0, 0.1) is 0 Å².